The highest BCUT2D eigenvalue weighted by molar-refractivity contribution is 4.94. The first-order valence-electron chi connectivity index (χ1n) is 8.93. The topological polar surface area (TPSA) is 21.3 Å². The Kier molecular flexibility index (Phi) is 8.79. The smallest absolute Gasteiger partial charge is 0.0830 e. The summed E-state index contributed by atoms with van der Waals surface area (Å²) in [5.41, 5.74) is 0.0999. The number of methoxy groups -OCH3 is 1. The van der Waals surface area contributed by atoms with Gasteiger partial charge in [-0.1, -0.05) is 59.3 Å². The summed E-state index contributed by atoms with van der Waals surface area (Å²) in [5, 5.41) is 3.81. The molecule has 0 aromatic rings. The van der Waals surface area contributed by atoms with E-state index in [9.17, 15) is 0 Å². The Balaban J connectivity index is 2.65. The van der Waals surface area contributed by atoms with E-state index in [1.807, 2.05) is 7.11 Å². The summed E-state index contributed by atoms with van der Waals surface area (Å²) in [5.74, 6) is 0.814. The van der Waals surface area contributed by atoms with Gasteiger partial charge < -0.3 is 10.1 Å². The van der Waals surface area contributed by atoms with Gasteiger partial charge in [0, 0.05) is 13.2 Å². The Bertz CT molecular complexity index is 232. The van der Waals surface area contributed by atoms with Crippen LogP contribution in [0, 0.1) is 5.92 Å². The molecule has 0 spiro atoms. The molecule has 2 heteroatoms. The lowest BCUT2D eigenvalue weighted by molar-refractivity contribution is -0.0553. The second-order valence-electron chi connectivity index (χ2n) is 7.01. The van der Waals surface area contributed by atoms with E-state index in [0.29, 0.717) is 6.04 Å². The van der Waals surface area contributed by atoms with Crippen LogP contribution in [0.5, 0.6) is 0 Å². The van der Waals surface area contributed by atoms with Gasteiger partial charge in [-0.15, -0.1) is 0 Å². The van der Waals surface area contributed by atoms with E-state index in [-0.39, 0.29) is 5.60 Å². The van der Waals surface area contributed by atoms with Crippen molar-refractivity contribution in [3.05, 3.63) is 0 Å². The number of nitrogens with one attached hydrogen (secondary N) is 1. The molecule has 1 unspecified atom stereocenters. The number of hydrogen-bond donors (Lipinski definition) is 1. The molecular formula is C18H37NO. The highest BCUT2D eigenvalue weighted by Crippen LogP contribution is 2.35. The van der Waals surface area contributed by atoms with Gasteiger partial charge in [0.25, 0.3) is 0 Å². The maximum atomic E-state index is 6.11. The largest absolute Gasteiger partial charge is 0.377 e. The van der Waals surface area contributed by atoms with Crippen LogP contribution >= 0.6 is 0 Å². The van der Waals surface area contributed by atoms with Crippen molar-refractivity contribution in [1.29, 1.82) is 0 Å². The molecule has 120 valence electrons. The Hall–Kier alpha value is -0.0800. The summed E-state index contributed by atoms with van der Waals surface area (Å²) in [6, 6.07) is 0.546. The van der Waals surface area contributed by atoms with Crippen molar-refractivity contribution < 1.29 is 4.74 Å². The van der Waals surface area contributed by atoms with E-state index < -0.39 is 0 Å². The van der Waals surface area contributed by atoms with Gasteiger partial charge in [-0.25, -0.2) is 0 Å². The molecule has 0 saturated heterocycles. The average molecular weight is 284 g/mol. The minimum Gasteiger partial charge on any atom is -0.377 e. The highest BCUT2D eigenvalue weighted by Gasteiger charge is 2.38. The maximum Gasteiger partial charge on any atom is 0.0830 e. The normalized spacial score (nSPS) is 20.9. The summed E-state index contributed by atoms with van der Waals surface area (Å²) in [6.07, 6.45) is 13.1. The third-order valence-corrected chi connectivity index (χ3v) is 4.91. The minimum absolute atomic E-state index is 0.0999. The third kappa shape index (κ3) is 5.73. The van der Waals surface area contributed by atoms with Crippen LogP contribution in [0.1, 0.15) is 85.0 Å². The molecule has 0 bridgehead atoms. The van der Waals surface area contributed by atoms with Crippen LogP contribution in [0.3, 0.4) is 0 Å². The standard InChI is InChI=1S/C18H37NO/c1-5-15-19-17(12-10-11-16(2)3)18(20-4)13-8-6-7-9-14-18/h16-17,19H,5-15H2,1-4H3. The van der Waals surface area contributed by atoms with Crippen LogP contribution in [0.4, 0.5) is 0 Å². The van der Waals surface area contributed by atoms with Gasteiger partial charge in [-0.2, -0.15) is 0 Å². The fraction of sp³-hybridized carbons (Fsp3) is 1.00. The van der Waals surface area contributed by atoms with Crippen molar-refractivity contribution in [3.63, 3.8) is 0 Å². The molecule has 1 fully saturated rings. The van der Waals surface area contributed by atoms with Gasteiger partial charge >= 0.3 is 0 Å². The summed E-state index contributed by atoms with van der Waals surface area (Å²) in [7, 11) is 1.94. The van der Waals surface area contributed by atoms with Crippen LogP contribution < -0.4 is 5.32 Å². The second-order valence-corrected chi connectivity index (χ2v) is 7.01. The quantitative estimate of drug-likeness (QED) is 0.606. The molecule has 1 saturated carbocycles. The van der Waals surface area contributed by atoms with E-state index in [1.54, 1.807) is 0 Å². The van der Waals surface area contributed by atoms with E-state index in [2.05, 4.69) is 26.1 Å². The molecule has 20 heavy (non-hydrogen) atoms. The molecule has 1 N–H and O–H groups in total. The predicted octanol–water partition coefficient (Wildman–Crippen LogP) is 4.92. The van der Waals surface area contributed by atoms with Crippen LogP contribution in [0.25, 0.3) is 0 Å². The first kappa shape index (κ1) is 18.0. The van der Waals surface area contributed by atoms with E-state index >= 15 is 0 Å². The lowest BCUT2D eigenvalue weighted by Crippen LogP contribution is -2.52. The van der Waals surface area contributed by atoms with Gasteiger partial charge in [-0.3, -0.25) is 0 Å². The zero-order valence-electron chi connectivity index (χ0n) is 14.3. The Morgan fingerprint density at radius 3 is 2.20 bits per heavy atom. The number of hydrogen-bond acceptors (Lipinski definition) is 2. The van der Waals surface area contributed by atoms with Gasteiger partial charge in [0.05, 0.1) is 5.60 Å². The van der Waals surface area contributed by atoms with Crippen molar-refractivity contribution >= 4 is 0 Å². The molecule has 1 atom stereocenters. The van der Waals surface area contributed by atoms with E-state index in [4.69, 9.17) is 4.74 Å². The molecule has 1 aliphatic rings. The van der Waals surface area contributed by atoms with Crippen molar-refractivity contribution in [2.75, 3.05) is 13.7 Å². The SMILES string of the molecule is CCCNC(CCCC(C)C)C1(OC)CCCCCC1. The van der Waals surface area contributed by atoms with Crippen LogP contribution in [-0.2, 0) is 4.74 Å². The Morgan fingerprint density at radius 2 is 1.70 bits per heavy atom. The molecule has 2 nitrogen and oxygen atoms in total. The van der Waals surface area contributed by atoms with Gasteiger partial charge in [0.1, 0.15) is 0 Å². The zero-order valence-corrected chi connectivity index (χ0v) is 14.3. The highest BCUT2D eigenvalue weighted by atomic mass is 16.5. The third-order valence-electron chi connectivity index (χ3n) is 4.91. The molecular weight excluding hydrogens is 246 g/mol. The monoisotopic (exact) mass is 283 g/mol. The molecule has 0 radical (unpaired) electrons. The van der Waals surface area contributed by atoms with Crippen molar-refractivity contribution in [3.8, 4) is 0 Å². The van der Waals surface area contributed by atoms with Crippen LogP contribution in [-0.4, -0.2) is 25.3 Å². The van der Waals surface area contributed by atoms with Crippen LogP contribution in [0.15, 0.2) is 0 Å². The summed E-state index contributed by atoms with van der Waals surface area (Å²) in [6.45, 7) is 8.03. The van der Waals surface area contributed by atoms with Crippen molar-refractivity contribution in [2.24, 2.45) is 5.92 Å². The summed E-state index contributed by atoms with van der Waals surface area (Å²) < 4.78 is 6.11. The molecule has 0 heterocycles. The lowest BCUT2D eigenvalue weighted by Gasteiger charge is -2.40. The first-order valence-corrected chi connectivity index (χ1v) is 8.93. The molecule has 1 aliphatic carbocycles. The predicted molar refractivity (Wildman–Crippen MR) is 88.2 cm³/mol. The second kappa shape index (κ2) is 9.78. The fourth-order valence-corrected chi connectivity index (χ4v) is 3.62. The number of rotatable bonds is 9. The first-order chi connectivity index (χ1) is 9.64. The van der Waals surface area contributed by atoms with Gasteiger partial charge in [0.2, 0.25) is 0 Å². The minimum atomic E-state index is 0.0999. The molecule has 0 aromatic heterocycles. The Labute approximate surface area is 127 Å². The van der Waals surface area contributed by atoms with E-state index in [1.165, 1.54) is 64.2 Å². The van der Waals surface area contributed by atoms with Crippen molar-refractivity contribution in [2.45, 2.75) is 96.6 Å². The van der Waals surface area contributed by atoms with Gasteiger partial charge in [-0.05, 0) is 38.1 Å². The Morgan fingerprint density at radius 1 is 1.05 bits per heavy atom. The molecule has 0 amide bonds. The fourth-order valence-electron chi connectivity index (χ4n) is 3.62. The average Bonchev–Trinajstić information content (AvgIpc) is 2.68. The zero-order chi connectivity index (χ0) is 14.8. The van der Waals surface area contributed by atoms with Gasteiger partial charge in [0.15, 0.2) is 0 Å². The van der Waals surface area contributed by atoms with Crippen LogP contribution in [0.2, 0.25) is 0 Å². The molecule has 1 rings (SSSR count). The lowest BCUT2D eigenvalue weighted by atomic mass is 9.82. The summed E-state index contributed by atoms with van der Waals surface area (Å²) in [4.78, 5) is 0. The van der Waals surface area contributed by atoms with E-state index in [0.717, 1.165) is 12.5 Å². The molecule has 0 aliphatic heterocycles. The summed E-state index contributed by atoms with van der Waals surface area (Å²) >= 11 is 0. The number of ether oxygens (including phenoxy) is 1. The van der Waals surface area contributed by atoms with Crippen molar-refractivity contribution in [1.82, 2.24) is 5.32 Å². The molecule has 0 aromatic carbocycles. The maximum absolute atomic E-state index is 6.11.